The highest BCUT2D eigenvalue weighted by Crippen LogP contribution is 2.35. The van der Waals surface area contributed by atoms with Gasteiger partial charge in [-0.25, -0.2) is 0 Å². The summed E-state index contributed by atoms with van der Waals surface area (Å²) in [5.74, 6) is -1.52. The molecule has 0 radical (unpaired) electrons. The molecule has 2 aromatic carbocycles. The molecule has 1 atom stereocenters. The van der Waals surface area contributed by atoms with Crippen LogP contribution < -0.4 is 10.2 Å². The summed E-state index contributed by atoms with van der Waals surface area (Å²) in [5, 5.41) is 2.33. The second kappa shape index (κ2) is 7.06. The molecule has 142 valence electrons. The molecule has 3 rings (SSSR count). The van der Waals surface area contributed by atoms with E-state index in [-0.39, 0.29) is 24.6 Å². The highest BCUT2D eigenvalue weighted by Gasteiger charge is 2.37. The molecule has 7 heteroatoms. The smallest absolute Gasteiger partial charge is 0.325 e. The third-order valence-electron chi connectivity index (χ3n) is 4.79. The lowest BCUT2D eigenvalue weighted by molar-refractivity contribution is -0.137. The van der Waals surface area contributed by atoms with Crippen LogP contribution in [-0.4, -0.2) is 18.4 Å². The third kappa shape index (κ3) is 3.97. The first-order valence-electron chi connectivity index (χ1n) is 8.51. The molecule has 1 unspecified atom stereocenters. The molecule has 0 saturated carbocycles. The lowest BCUT2D eigenvalue weighted by Gasteiger charge is -2.18. The average Bonchev–Trinajstić information content (AvgIpc) is 2.99. The van der Waals surface area contributed by atoms with Crippen LogP contribution in [0.1, 0.15) is 23.1 Å². The number of hydrogen-bond acceptors (Lipinski definition) is 2. The van der Waals surface area contributed by atoms with E-state index in [1.807, 2.05) is 26.0 Å². The third-order valence-corrected chi connectivity index (χ3v) is 4.79. The molecule has 27 heavy (non-hydrogen) atoms. The Balaban J connectivity index is 1.76. The van der Waals surface area contributed by atoms with E-state index in [0.29, 0.717) is 5.69 Å². The molecule has 1 aliphatic heterocycles. The van der Waals surface area contributed by atoms with Crippen molar-refractivity contribution in [3.8, 4) is 0 Å². The van der Waals surface area contributed by atoms with Crippen LogP contribution in [-0.2, 0) is 15.8 Å². The molecule has 2 amide bonds. The number of halogens is 3. The number of alkyl halides is 3. The fourth-order valence-corrected chi connectivity index (χ4v) is 3.10. The maximum absolute atomic E-state index is 13.1. The Bertz CT molecular complexity index is 893. The Morgan fingerprint density at radius 2 is 1.81 bits per heavy atom. The zero-order valence-corrected chi connectivity index (χ0v) is 14.9. The van der Waals surface area contributed by atoms with Crippen molar-refractivity contribution in [3.05, 3.63) is 59.2 Å². The number of nitrogens with one attached hydrogen (secondary N) is 1. The molecule has 0 bridgehead atoms. The number of nitrogens with zero attached hydrogens (tertiary/aromatic N) is 1. The van der Waals surface area contributed by atoms with E-state index < -0.39 is 23.6 Å². The highest BCUT2D eigenvalue weighted by atomic mass is 19.4. The van der Waals surface area contributed by atoms with Crippen LogP contribution in [0, 0.1) is 19.8 Å². The summed E-state index contributed by atoms with van der Waals surface area (Å²) in [6.45, 7) is 4.03. The predicted molar refractivity (Wildman–Crippen MR) is 96.4 cm³/mol. The van der Waals surface area contributed by atoms with Gasteiger partial charge in [0.1, 0.15) is 0 Å². The van der Waals surface area contributed by atoms with E-state index in [1.54, 1.807) is 6.07 Å². The first-order chi connectivity index (χ1) is 12.7. The van der Waals surface area contributed by atoms with Gasteiger partial charge in [-0.3, -0.25) is 9.59 Å². The van der Waals surface area contributed by atoms with Crippen molar-refractivity contribution in [1.82, 2.24) is 0 Å². The van der Waals surface area contributed by atoms with Crippen LogP contribution in [0.3, 0.4) is 0 Å². The summed E-state index contributed by atoms with van der Waals surface area (Å²) in [6.07, 6.45) is -4.60. The minimum Gasteiger partial charge on any atom is -0.325 e. The molecule has 2 aromatic rings. The van der Waals surface area contributed by atoms with Gasteiger partial charge in [-0.05, 0) is 49.2 Å². The van der Waals surface area contributed by atoms with E-state index in [2.05, 4.69) is 5.32 Å². The zero-order chi connectivity index (χ0) is 19.8. The molecular weight excluding hydrogens is 357 g/mol. The number of hydrogen-bond donors (Lipinski definition) is 1. The van der Waals surface area contributed by atoms with Crippen molar-refractivity contribution in [1.29, 1.82) is 0 Å². The minimum atomic E-state index is -4.57. The Labute approximate surface area is 155 Å². The van der Waals surface area contributed by atoms with E-state index >= 15 is 0 Å². The fourth-order valence-electron chi connectivity index (χ4n) is 3.10. The Morgan fingerprint density at radius 3 is 2.48 bits per heavy atom. The van der Waals surface area contributed by atoms with Crippen LogP contribution in [0.25, 0.3) is 0 Å². The number of para-hydroxylation sites is 1. The summed E-state index contributed by atoms with van der Waals surface area (Å²) < 4.78 is 39.2. The maximum Gasteiger partial charge on any atom is 0.418 e. The van der Waals surface area contributed by atoms with Gasteiger partial charge in [0.15, 0.2) is 0 Å². The Kier molecular flexibility index (Phi) is 4.95. The van der Waals surface area contributed by atoms with Gasteiger partial charge in [0, 0.05) is 18.7 Å². The molecule has 0 aromatic heterocycles. The van der Waals surface area contributed by atoms with Crippen molar-refractivity contribution >= 4 is 23.2 Å². The van der Waals surface area contributed by atoms with Gasteiger partial charge in [0.05, 0.1) is 17.2 Å². The number of aryl methyl sites for hydroxylation is 2. The standard InChI is InChI=1S/C20H19F3N2O2/c1-12-7-8-15(9-13(12)2)25-11-14(10-18(25)26)19(27)24-17-6-4-3-5-16(17)20(21,22)23/h3-9,14H,10-11H2,1-2H3,(H,24,27). The van der Waals surface area contributed by atoms with Crippen LogP contribution in [0.2, 0.25) is 0 Å². The van der Waals surface area contributed by atoms with Gasteiger partial charge in [-0.1, -0.05) is 18.2 Å². The van der Waals surface area contributed by atoms with Gasteiger partial charge in [0.2, 0.25) is 11.8 Å². The number of anilines is 2. The number of carbonyl (C=O) groups is 2. The van der Waals surface area contributed by atoms with E-state index in [9.17, 15) is 22.8 Å². The Morgan fingerprint density at radius 1 is 1.11 bits per heavy atom. The lowest BCUT2D eigenvalue weighted by atomic mass is 10.1. The van der Waals surface area contributed by atoms with E-state index in [0.717, 1.165) is 17.2 Å². The second-order valence-corrected chi connectivity index (χ2v) is 6.71. The van der Waals surface area contributed by atoms with E-state index in [1.165, 1.54) is 23.1 Å². The molecule has 1 N–H and O–H groups in total. The van der Waals surface area contributed by atoms with Gasteiger partial charge in [0.25, 0.3) is 0 Å². The predicted octanol–water partition coefficient (Wildman–Crippen LogP) is 4.31. The van der Waals surface area contributed by atoms with Gasteiger partial charge >= 0.3 is 6.18 Å². The van der Waals surface area contributed by atoms with Crippen molar-refractivity contribution in [3.63, 3.8) is 0 Å². The van der Waals surface area contributed by atoms with Crippen molar-refractivity contribution in [2.24, 2.45) is 5.92 Å². The van der Waals surface area contributed by atoms with Crippen LogP contribution in [0.5, 0.6) is 0 Å². The highest BCUT2D eigenvalue weighted by molar-refractivity contribution is 6.03. The summed E-state index contributed by atoms with van der Waals surface area (Å²) in [4.78, 5) is 26.3. The summed E-state index contributed by atoms with van der Waals surface area (Å²) in [6, 6.07) is 10.4. The first-order valence-corrected chi connectivity index (χ1v) is 8.51. The topological polar surface area (TPSA) is 49.4 Å². The largest absolute Gasteiger partial charge is 0.418 e. The summed E-state index contributed by atoms with van der Waals surface area (Å²) >= 11 is 0. The van der Waals surface area contributed by atoms with Crippen molar-refractivity contribution in [2.75, 3.05) is 16.8 Å². The number of rotatable bonds is 3. The Hall–Kier alpha value is -2.83. The van der Waals surface area contributed by atoms with Gasteiger partial charge in [-0.15, -0.1) is 0 Å². The maximum atomic E-state index is 13.1. The zero-order valence-electron chi connectivity index (χ0n) is 14.9. The number of benzene rings is 2. The normalized spacial score (nSPS) is 17.3. The molecule has 4 nitrogen and oxygen atoms in total. The minimum absolute atomic E-state index is 0.0348. The summed E-state index contributed by atoms with van der Waals surface area (Å²) in [5.41, 5.74) is 1.59. The number of amides is 2. The van der Waals surface area contributed by atoms with E-state index in [4.69, 9.17) is 0 Å². The monoisotopic (exact) mass is 376 g/mol. The molecular formula is C20H19F3N2O2. The molecule has 1 fully saturated rings. The second-order valence-electron chi connectivity index (χ2n) is 6.71. The fraction of sp³-hybridized carbons (Fsp3) is 0.300. The van der Waals surface area contributed by atoms with Crippen LogP contribution >= 0.6 is 0 Å². The quantitative estimate of drug-likeness (QED) is 0.868. The molecule has 1 aliphatic rings. The average molecular weight is 376 g/mol. The SMILES string of the molecule is Cc1ccc(N2CC(C(=O)Nc3ccccc3C(F)(F)F)CC2=O)cc1C. The van der Waals surface area contributed by atoms with Crippen molar-refractivity contribution < 1.29 is 22.8 Å². The van der Waals surface area contributed by atoms with Crippen LogP contribution in [0.15, 0.2) is 42.5 Å². The summed E-state index contributed by atoms with van der Waals surface area (Å²) in [7, 11) is 0. The molecule has 0 aliphatic carbocycles. The van der Waals surface area contributed by atoms with Crippen molar-refractivity contribution in [2.45, 2.75) is 26.4 Å². The number of carbonyl (C=O) groups excluding carboxylic acids is 2. The lowest BCUT2D eigenvalue weighted by Crippen LogP contribution is -2.28. The van der Waals surface area contributed by atoms with Gasteiger partial charge in [-0.2, -0.15) is 13.2 Å². The van der Waals surface area contributed by atoms with Crippen LogP contribution in [0.4, 0.5) is 24.5 Å². The molecule has 0 spiro atoms. The molecule has 1 saturated heterocycles. The van der Waals surface area contributed by atoms with Gasteiger partial charge < -0.3 is 10.2 Å². The molecule has 1 heterocycles. The first kappa shape index (κ1) is 18.9.